The lowest BCUT2D eigenvalue weighted by Crippen LogP contribution is -2.36. The Kier molecular flexibility index (Phi) is 4.58. The van der Waals surface area contributed by atoms with Crippen LogP contribution in [0.3, 0.4) is 0 Å². The molecule has 1 aromatic carbocycles. The second-order valence-electron chi connectivity index (χ2n) is 5.38. The molecule has 1 fully saturated rings. The van der Waals surface area contributed by atoms with E-state index in [0.717, 1.165) is 24.1 Å². The first-order valence-electron chi connectivity index (χ1n) is 7.15. The molecule has 124 valence electrons. The highest BCUT2D eigenvalue weighted by Crippen LogP contribution is 2.34. The number of hydrogen-bond acceptors (Lipinski definition) is 5. The van der Waals surface area contributed by atoms with Crippen LogP contribution in [0.15, 0.2) is 24.3 Å². The van der Waals surface area contributed by atoms with Gasteiger partial charge in [0, 0.05) is 24.1 Å². The summed E-state index contributed by atoms with van der Waals surface area (Å²) in [7, 11) is 1.69. The fraction of sp³-hybridized carbons (Fsp3) is 0.500. The zero-order valence-corrected chi connectivity index (χ0v) is 13.3. The largest absolute Gasteiger partial charge is 0.416 e. The Morgan fingerprint density at radius 2 is 2.17 bits per heavy atom. The number of alkyl halides is 3. The number of aryl methyl sites for hydroxylation is 1. The Balaban J connectivity index is 1.83. The van der Waals surface area contributed by atoms with E-state index in [2.05, 4.69) is 20.3 Å². The zero-order chi connectivity index (χ0) is 16.4. The summed E-state index contributed by atoms with van der Waals surface area (Å²) < 4.78 is 38.8. The van der Waals surface area contributed by atoms with Crippen LogP contribution in [0.1, 0.15) is 23.0 Å². The maximum Gasteiger partial charge on any atom is 0.416 e. The standard InChI is InChI=1S/C14H16F3N5S/c1-21-19-13(18-20-21)8-22-5-6-23-9-12(22)10-3-2-4-11(7-10)14(15,16)17/h2-4,7,12H,5-6,8-9H2,1H3/t12-/m1/s1. The molecule has 0 amide bonds. The molecule has 1 aliphatic rings. The van der Waals surface area contributed by atoms with Crippen LogP contribution in [0.25, 0.3) is 0 Å². The summed E-state index contributed by atoms with van der Waals surface area (Å²) >= 11 is 1.75. The SMILES string of the molecule is Cn1nnc(CN2CCSC[C@@H]2c2cccc(C(F)(F)F)c2)n1. The summed E-state index contributed by atoms with van der Waals surface area (Å²) in [6.07, 6.45) is -4.32. The first-order valence-corrected chi connectivity index (χ1v) is 8.31. The minimum atomic E-state index is -4.32. The van der Waals surface area contributed by atoms with E-state index in [0.29, 0.717) is 17.9 Å². The number of hydrogen-bond donors (Lipinski definition) is 0. The average Bonchev–Trinajstić information content (AvgIpc) is 2.92. The topological polar surface area (TPSA) is 46.8 Å². The highest BCUT2D eigenvalue weighted by Gasteiger charge is 2.32. The van der Waals surface area contributed by atoms with Crippen LogP contribution in [0.4, 0.5) is 13.2 Å². The summed E-state index contributed by atoms with van der Waals surface area (Å²) in [5, 5.41) is 11.9. The van der Waals surface area contributed by atoms with Crippen LogP contribution >= 0.6 is 11.8 Å². The minimum Gasteiger partial charge on any atom is -0.287 e. The number of aromatic nitrogens is 4. The molecule has 1 aliphatic heterocycles. The van der Waals surface area contributed by atoms with Gasteiger partial charge in [0.25, 0.3) is 0 Å². The van der Waals surface area contributed by atoms with Crippen LogP contribution in [0.5, 0.6) is 0 Å². The van der Waals surface area contributed by atoms with Gasteiger partial charge < -0.3 is 0 Å². The summed E-state index contributed by atoms with van der Waals surface area (Å²) in [5.74, 6) is 2.27. The molecule has 5 nitrogen and oxygen atoms in total. The Hall–Kier alpha value is -1.61. The van der Waals surface area contributed by atoms with Crippen molar-refractivity contribution in [3.63, 3.8) is 0 Å². The predicted octanol–water partition coefficient (Wildman–Crippen LogP) is 2.52. The maximum atomic E-state index is 12.9. The molecule has 1 atom stereocenters. The number of nitrogens with zero attached hydrogens (tertiary/aromatic N) is 5. The number of benzene rings is 1. The molecular weight excluding hydrogens is 327 g/mol. The van der Waals surface area contributed by atoms with Crippen molar-refractivity contribution in [1.82, 2.24) is 25.1 Å². The second kappa shape index (κ2) is 6.48. The van der Waals surface area contributed by atoms with Crippen molar-refractivity contribution in [3.05, 3.63) is 41.2 Å². The third-order valence-electron chi connectivity index (χ3n) is 3.73. The molecule has 0 unspecified atom stereocenters. The summed E-state index contributed by atoms with van der Waals surface area (Å²) in [5.41, 5.74) is 0.0686. The Labute approximate surface area is 135 Å². The van der Waals surface area contributed by atoms with Gasteiger partial charge in [0.1, 0.15) is 0 Å². The first kappa shape index (κ1) is 16.3. The molecule has 2 heterocycles. The normalized spacial score (nSPS) is 19.9. The molecule has 1 aromatic heterocycles. The van der Waals surface area contributed by atoms with Gasteiger partial charge in [-0.2, -0.15) is 29.7 Å². The van der Waals surface area contributed by atoms with Gasteiger partial charge in [-0.1, -0.05) is 12.1 Å². The van der Waals surface area contributed by atoms with Gasteiger partial charge in [0.15, 0.2) is 5.82 Å². The predicted molar refractivity (Wildman–Crippen MR) is 80.7 cm³/mol. The molecular formula is C14H16F3N5S. The lowest BCUT2D eigenvalue weighted by molar-refractivity contribution is -0.137. The fourth-order valence-corrected chi connectivity index (χ4v) is 3.78. The maximum absolute atomic E-state index is 12.9. The molecule has 1 saturated heterocycles. The molecule has 0 bridgehead atoms. The van der Waals surface area contributed by atoms with E-state index < -0.39 is 11.7 Å². The van der Waals surface area contributed by atoms with Crippen molar-refractivity contribution < 1.29 is 13.2 Å². The van der Waals surface area contributed by atoms with Crippen molar-refractivity contribution in [2.24, 2.45) is 7.05 Å². The van der Waals surface area contributed by atoms with Gasteiger partial charge in [-0.15, -0.1) is 10.2 Å². The molecule has 3 rings (SSSR count). The first-order chi connectivity index (χ1) is 10.9. The van der Waals surface area contributed by atoms with E-state index >= 15 is 0 Å². The molecule has 0 N–H and O–H groups in total. The third-order valence-corrected chi connectivity index (χ3v) is 4.76. The molecule has 0 aliphatic carbocycles. The molecule has 0 spiro atoms. The van der Waals surface area contributed by atoms with Crippen LogP contribution in [-0.2, 0) is 19.8 Å². The van der Waals surface area contributed by atoms with E-state index in [4.69, 9.17) is 0 Å². The quantitative estimate of drug-likeness (QED) is 0.857. The van der Waals surface area contributed by atoms with E-state index in [1.165, 1.54) is 16.9 Å². The molecule has 23 heavy (non-hydrogen) atoms. The van der Waals surface area contributed by atoms with Crippen molar-refractivity contribution in [1.29, 1.82) is 0 Å². The Morgan fingerprint density at radius 3 is 2.87 bits per heavy atom. The van der Waals surface area contributed by atoms with Gasteiger partial charge in [-0.25, -0.2) is 0 Å². The highest BCUT2D eigenvalue weighted by atomic mass is 32.2. The van der Waals surface area contributed by atoms with Crippen molar-refractivity contribution in [3.8, 4) is 0 Å². The van der Waals surface area contributed by atoms with Crippen molar-refractivity contribution in [2.75, 3.05) is 18.1 Å². The van der Waals surface area contributed by atoms with Crippen molar-refractivity contribution in [2.45, 2.75) is 18.8 Å². The summed E-state index contributed by atoms with van der Waals surface area (Å²) in [6.45, 7) is 1.26. The number of tetrazole rings is 1. The van der Waals surface area contributed by atoms with Crippen LogP contribution in [0, 0.1) is 0 Å². The van der Waals surface area contributed by atoms with Gasteiger partial charge >= 0.3 is 6.18 Å². The zero-order valence-electron chi connectivity index (χ0n) is 12.5. The second-order valence-corrected chi connectivity index (χ2v) is 6.53. The van der Waals surface area contributed by atoms with E-state index in [9.17, 15) is 13.2 Å². The Bertz CT molecular complexity index is 672. The van der Waals surface area contributed by atoms with Gasteiger partial charge in [-0.3, -0.25) is 4.90 Å². The minimum absolute atomic E-state index is 0.0835. The summed E-state index contributed by atoms with van der Waals surface area (Å²) in [6, 6.07) is 5.49. The number of halogens is 3. The van der Waals surface area contributed by atoms with E-state index in [1.807, 2.05) is 0 Å². The lowest BCUT2D eigenvalue weighted by Gasteiger charge is -2.35. The van der Waals surface area contributed by atoms with E-state index in [1.54, 1.807) is 24.9 Å². The third kappa shape index (κ3) is 3.84. The molecule has 0 radical (unpaired) electrons. The summed E-state index contributed by atoms with van der Waals surface area (Å²) in [4.78, 5) is 3.50. The van der Waals surface area contributed by atoms with Crippen molar-refractivity contribution >= 4 is 11.8 Å². The number of thioether (sulfide) groups is 1. The fourth-order valence-electron chi connectivity index (χ4n) is 2.62. The van der Waals surface area contributed by atoms with Crippen LogP contribution in [0.2, 0.25) is 0 Å². The lowest BCUT2D eigenvalue weighted by atomic mass is 10.0. The molecule has 9 heteroatoms. The van der Waals surface area contributed by atoms with Crippen LogP contribution < -0.4 is 0 Å². The molecule has 2 aromatic rings. The Morgan fingerprint density at radius 1 is 1.35 bits per heavy atom. The monoisotopic (exact) mass is 343 g/mol. The highest BCUT2D eigenvalue weighted by molar-refractivity contribution is 7.99. The average molecular weight is 343 g/mol. The van der Waals surface area contributed by atoms with Gasteiger partial charge in [-0.05, 0) is 22.9 Å². The number of rotatable bonds is 3. The van der Waals surface area contributed by atoms with Gasteiger partial charge in [0.05, 0.1) is 19.2 Å². The van der Waals surface area contributed by atoms with E-state index in [-0.39, 0.29) is 6.04 Å². The van der Waals surface area contributed by atoms with Crippen LogP contribution in [-0.4, -0.2) is 43.2 Å². The smallest absolute Gasteiger partial charge is 0.287 e. The van der Waals surface area contributed by atoms with Gasteiger partial charge in [0.2, 0.25) is 0 Å². The molecule has 0 saturated carbocycles.